The second-order valence-corrected chi connectivity index (χ2v) is 5.65. The third-order valence-corrected chi connectivity index (χ3v) is 3.70. The van der Waals surface area contributed by atoms with E-state index in [9.17, 15) is 5.11 Å². The molecule has 0 radical (unpaired) electrons. The van der Waals surface area contributed by atoms with Crippen LogP contribution in [0.1, 0.15) is 36.0 Å². The molecular weight excluding hydrogens is 224 g/mol. The zero-order chi connectivity index (χ0) is 13.0. The Labute approximate surface area is 110 Å². The van der Waals surface area contributed by atoms with Crippen molar-refractivity contribution in [2.75, 3.05) is 13.2 Å². The standard InChI is InChI=1S/C16H24O2/c1-12-7-13(2)9-15(8-12)11-16(17)10-14-3-5-18-6-4-14/h7-9,14,16-17H,3-6,10-11H2,1-2H3. The van der Waals surface area contributed by atoms with Gasteiger partial charge >= 0.3 is 0 Å². The van der Waals surface area contributed by atoms with Gasteiger partial charge in [-0.15, -0.1) is 0 Å². The van der Waals surface area contributed by atoms with E-state index in [1.165, 1.54) is 16.7 Å². The Morgan fingerprint density at radius 2 is 1.78 bits per heavy atom. The first-order valence-corrected chi connectivity index (χ1v) is 6.96. The molecule has 1 aromatic rings. The summed E-state index contributed by atoms with van der Waals surface area (Å²) in [6.45, 7) is 5.95. The molecule has 2 rings (SSSR count). The van der Waals surface area contributed by atoms with Crippen LogP contribution in [0.5, 0.6) is 0 Å². The van der Waals surface area contributed by atoms with E-state index in [2.05, 4.69) is 32.0 Å². The lowest BCUT2D eigenvalue weighted by Gasteiger charge is -2.24. The molecule has 18 heavy (non-hydrogen) atoms. The highest BCUT2D eigenvalue weighted by Crippen LogP contribution is 2.22. The van der Waals surface area contributed by atoms with Crippen molar-refractivity contribution in [2.45, 2.75) is 45.6 Å². The van der Waals surface area contributed by atoms with Crippen LogP contribution in [0.4, 0.5) is 0 Å². The van der Waals surface area contributed by atoms with Crippen molar-refractivity contribution in [1.29, 1.82) is 0 Å². The third kappa shape index (κ3) is 4.11. The van der Waals surface area contributed by atoms with Crippen LogP contribution in [0.25, 0.3) is 0 Å². The van der Waals surface area contributed by atoms with E-state index >= 15 is 0 Å². The predicted octanol–water partition coefficient (Wildman–Crippen LogP) is 3.02. The first-order chi connectivity index (χ1) is 8.63. The molecule has 0 saturated carbocycles. The number of hydrogen-bond donors (Lipinski definition) is 1. The van der Waals surface area contributed by atoms with Crippen molar-refractivity contribution in [3.05, 3.63) is 34.9 Å². The van der Waals surface area contributed by atoms with Crippen molar-refractivity contribution in [2.24, 2.45) is 5.92 Å². The molecule has 0 aromatic heterocycles. The van der Waals surface area contributed by atoms with Gasteiger partial charge in [0.05, 0.1) is 6.10 Å². The molecule has 0 aliphatic carbocycles. The molecule has 100 valence electrons. The molecule has 0 spiro atoms. The van der Waals surface area contributed by atoms with Crippen LogP contribution < -0.4 is 0 Å². The summed E-state index contributed by atoms with van der Waals surface area (Å²) in [5, 5.41) is 10.2. The molecule has 1 atom stereocenters. The summed E-state index contributed by atoms with van der Waals surface area (Å²) in [6, 6.07) is 6.54. The van der Waals surface area contributed by atoms with Gasteiger partial charge in [-0.2, -0.15) is 0 Å². The highest BCUT2D eigenvalue weighted by Gasteiger charge is 2.18. The highest BCUT2D eigenvalue weighted by molar-refractivity contribution is 5.28. The van der Waals surface area contributed by atoms with Crippen LogP contribution in [0.3, 0.4) is 0 Å². The normalized spacial score (nSPS) is 18.8. The maximum Gasteiger partial charge on any atom is 0.0583 e. The quantitative estimate of drug-likeness (QED) is 0.887. The minimum atomic E-state index is -0.214. The van der Waals surface area contributed by atoms with Gasteiger partial charge in [-0.25, -0.2) is 0 Å². The van der Waals surface area contributed by atoms with Gasteiger partial charge in [0, 0.05) is 13.2 Å². The molecule has 1 heterocycles. The van der Waals surface area contributed by atoms with Crippen molar-refractivity contribution in [3.8, 4) is 0 Å². The number of ether oxygens (including phenoxy) is 1. The number of aliphatic hydroxyl groups excluding tert-OH is 1. The van der Waals surface area contributed by atoms with Gasteiger partial charge in [0.25, 0.3) is 0 Å². The largest absolute Gasteiger partial charge is 0.393 e. The maximum absolute atomic E-state index is 10.2. The Hall–Kier alpha value is -0.860. The van der Waals surface area contributed by atoms with Gasteiger partial charge in [-0.3, -0.25) is 0 Å². The van der Waals surface area contributed by atoms with E-state index in [0.29, 0.717) is 5.92 Å². The summed E-state index contributed by atoms with van der Waals surface area (Å²) in [4.78, 5) is 0. The van der Waals surface area contributed by atoms with Gasteiger partial charge in [0.2, 0.25) is 0 Å². The average molecular weight is 248 g/mol. The summed E-state index contributed by atoms with van der Waals surface area (Å²) in [5.41, 5.74) is 3.82. The zero-order valence-corrected chi connectivity index (χ0v) is 11.5. The van der Waals surface area contributed by atoms with E-state index in [1.807, 2.05) is 0 Å². The molecule has 1 N–H and O–H groups in total. The molecule has 1 fully saturated rings. The molecule has 2 heteroatoms. The molecule has 0 amide bonds. The molecule has 1 aliphatic rings. The van der Waals surface area contributed by atoms with Gasteiger partial charge in [-0.1, -0.05) is 29.3 Å². The van der Waals surface area contributed by atoms with Crippen molar-refractivity contribution in [3.63, 3.8) is 0 Å². The summed E-state index contributed by atoms with van der Waals surface area (Å²) in [6.07, 6.45) is 3.68. The summed E-state index contributed by atoms with van der Waals surface area (Å²) in [5.74, 6) is 0.639. The second-order valence-electron chi connectivity index (χ2n) is 5.65. The molecule has 1 aromatic carbocycles. The Morgan fingerprint density at radius 1 is 1.17 bits per heavy atom. The number of aliphatic hydroxyl groups is 1. The van der Waals surface area contributed by atoms with Crippen LogP contribution in [0, 0.1) is 19.8 Å². The summed E-state index contributed by atoms with van der Waals surface area (Å²) in [7, 11) is 0. The Bertz CT molecular complexity index is 360. The van der Waals surface area contributed by atoms with Gasteiger partial charge < -0.3 is 9.84 Å². The van der Waals surface area contributed by atoms with E-state index in [4.69, 9.17) is 4.74 Å². The number of rotatable bonds is 4. The fraction of sp³-hybridized carbons (Fsp3) is 0.625. The zero-order valence-electron chi connectivity index (χ0n) is 11.5. The number of aryl methyl sites for hydroxylation is 2. The van der Waals surface area contributed by atoms with Crippen molar-refractivity contribution < 1.29 is 9.84 Å². The van der Waals surface area contributed by atoms with E-state index in [1.54, 1.807) is 0 Å². The summed E-state index contributed by atoms with van der Waals surface area (Å²) >= 11 is 0. The topological polar surface area (TPSA) is 29.5 Å². The first kappa shape index (κ1) is 13.6. The van der Waals surface area contributed by atoms with E-state index < -0.39 is 0 Å². The smallest absolute Gasteiger partial charge is 0.0583 e. The maximum atomic E-state index is 10.2. The lowest BCUT2D eigenvalue weighted by atomic mass is 9.91. The molecule has 1 aliphatic heterocycles. The number of hydrogen-bond acceptors (Lipinski definition) is 2. The second kappa shape index (κ2) is 6.35. The molecule has 2 nitrogen and oxygen atoms in total. The van der Waals surface area contributed by atoms with Crippen LogP contribution in [-0.4, -0.2) is 24.4 Å². The van der Waals surface area contributed by atoms with Gasteiger partial charge in [0.15, 0.2) is 0 Å². The van der Waals surface area contributed by atoms with Crippen LogP contribution in [0.15, 0.2) is 18.2 Å². The first-order valence-electron chi connectivity index (χ1n) is 6.96. The van der Waals surface area contributed by atoms with Crippen molar-refractivity contribution >= 4 is 0 Å². The minimum absolute atomic E-state index is 0.214. The molecule has 1 saturated heterocycles. The highest BCUT2D eigenvalue weighted by atomic mass is 16.5. The Morgan fingerprint density at radius 3 is 2.39 bits per heavy atom. The van der Waals surface area contributed by atoms with E-state index in [0.717, 1.165) is 38.9 Å². The van der Waals surface area contributed by atoms with Crippen LogP contribution in [-0.2, 0) is 11.2 Å². The van der Waals surface area contributed by atoms with Crippen molar-refractivity contribution in [1.82, 2.24) is 0 Å². The van der Waals surface area contributed by atoms with Crippen LogP contribution in [0.2, 0.25) is 0 Å². The van der Waals surface area contributed by atoms with Gasteiger partial charge in [0.1, 0.15) is 0 Å². The lowest BCUT2D eigenvalue weighted by Crippen LogP contribution is -2.22. The third-order valence-electron chi connectivity index (χ3n) is 3.70. The van der Waals surface area contributed by atoms with Gasteiger partial charge in [-0.05, 0) is 51.0 Å². The molecule has 0 bridgehead atoms. The molecular formula is C16H24O2. The lowest BCUT2D eigenvalue weighted by molar-refractivity contribution is 0.0439. The fourth-order valence-corrected chi connectivity index (χ4v) is 2.91. The Kier molecular flexibility index (Phi) is 4.79. The van der Waals surface area contributed by atoms with Crippen LogP contribution >= 0.6 is 0 Å². The fourth-order valence-electron chi connectivity index (χ4n) is 2.91. The SMILES string of the molecule is Cc1cc(C)cc(CC(O)CC2CCOCC2)c1. The predicted molar refractivity (Wildman–Crippen MR) is 73.8 cm³/mol. The summed E-state index contributed by atoms with van der Waals surface area (Å²) < 4.78 is 5.35. The minimum Gasteiger partial charge on any atom is -0.393 e. The number of benzene rings is 1. The monoisotopic (exact) mass is 248 g/mol. The van der Waals surface area contributed by atoms with E-state index in [-0.39, 0.29) is 6.10 Å². The average Bonchev–Trinajstić information content (AvgIpc) is 2.28. The Balaban J connectivity index is 1.87. The molecule has 1 unspecified atom stereocenters.